The van der Waals surface area contributed by atoms with Gasteiger partial charge in [-0.3, -0.25) is 4.79 Å². The van der Waals surface area contributed by atoms with Gasteiger partial charge in [0.25, 0.3) is 0 Å². The molecule has 0 bridgehead atoms. The molecule has 1 fully saturated rings. The van der Waals surface area contributed by atoms with Crippen molar-refractivity contribution in [2.24, 2.45) is 0 Å². The van der Waals surface area contributed by atoms with Crippen LogP contribution in [0.3, 0.4) is 0 Å². The van der Waals surface area contributed by atoms with E-state index in [1.807, 2.05) is 30.3 Å². The van der Waals surface area contributed by atoms with Crippen molar-refractivity contribution in [1.29, 1.82) is 0 Å². The molecule has 122 valence electrons. The Balaban J connectivity index is 1.61. The Hall–Kier alpha value is -1.40. The third-order valence-corrected chi connectivity index (χ3v) is 5.80. The lowest BCUT2D eigenvalue weighted by Crippen LogP contribution is -2.39. The van der Waals surface area contributed by atoms with Gasteiger partial charge in [-0.1, -0.05) is 30.3 Å². The number of aryl methyl sites for hydroxylation is 1. The van der Waals surface area contributed by atoms with Crippen LogP contribution in [-0.4, -0.2) is 44.0 Å². The molecule has 0 radical (unpaired) electrons. The van der Waals surface area contributed by atoms with Gasteiger partial charge in [0.1, 0.15) is 0 Å². The summed E-state index contributed by atoms with van der Waals surface area (Å²) in [6.07, 6.45) is 3.55. The average molecular weight is 324 g/mol. The maximum Gasteiger partial charge on any atom is 0.220 e. The highest BCUT2D eigenvalue weighted by Crippen LogP contribution is 2.13. The minimum Gasteiger partial charge on any atom is -0.356 e. The van der Waals surface area contributed by atoms with E-state index in [0.29, 0.717) is 32.5 Å². The zero-order valence-corrected chi connectivity index (χ0v) is 13.6. The fourth-order valence-corrected chi connectivity index (χ4v) is 4.21. The van der Waals surface area contributed by atoms with E-state index in [-0.39, 0.29) is 11.7 Å². The second-order valence-electron chi connectivity index (χ2n) is 5.61. The molecule has 1 aliphatic rings. The number of benzene rings is 1. The molecule has 0 atom stereocenters. The van der Waals surface area contributed by atoms with Crippen LogP contribution < -0.4 is 5.32 Å². The SMILES string of the molecule is O=C(CCc1ccccc1)NCCCN1CCCCS1(=O)=O. The van der Waals surface area contributed by atoms with Crippen molar-refractivity contribution in [3.8, 4) is 0 Å². The lowest BCUT2D eigenvalue weighted by atomic mass is 10.1. The van der Waals surface area contributed by atoms with E-state index >= 15 is 0 Å². The van der Waals surface area contributed by atoms with Crippen molar-refractivity contribution in [2.45, 2.75) is 32.1 Å². The molecule has 0 unspecified atom stereocenters. The molecule has 5 nitrogen and oxygen atoms in total. The van der Waals surface area contributed by atoms with Crippen LogP contribution in [0.5, 0.6) is 0 Å². The molecule has 0 spiro atoms. The van der Waals surface area contributed by atoms with Crippen LogP contribution in [-0.2, 0) is 21.2 Å². The number of amides is 1. The first kappa shape index (κ1) is 17.0. The Bertz CT molecular complexity index is 572. The Morgan fingerprint density at radius 3 is 2.68 bits per heavy atom. The molecular weight excluding hydrogens is 300 g/mol. The molecule has 22 heavy (non-hydrogen) atoms. The first-order chi connectivity index (χ1) is 10.6. The van der Waals surface area contributed by atoms with E-state index < -0.39 is 10.0 Å². The van der Waals surface area contributed by atoms with Crippen LogP contribution in [0.4, 0.5) is 0 Å². The summed E-state index contributed by atoms with van der Waals surface area (Å²) >= 11 is 0. The Kier molecular flexibility index (Phi) is 6.39. The monoisotopic (exact) mass is 324 g/mol. The van der Waals surface area contributed by atoms with Crippen molar-refractivity contribution in [2.75, 3.05) is 25.4 Å². The van der Waals surface area contributed by atoms with Crippen LogP contribution in [0, 0.1) is 0 Å². The number of nitrogens with one attached hydrogen (secondary N) is 1. The fraction of sp³-hybridized carbons (Fsp3) is 0.562. The molecule has 1 amide bonds. The Morgan fingerprint density at radius 2 is 1.95 bits per heavy atom. The van der Waals surface area contributed by atoms with Gasteiger partial charge in [-0.05, 0) is 31.2 Å². The molecule has 2 rings (SSSR count). The smallest absolute Gasteiger partial charge is 0.220 e. The highest BCUT2D eigenvalue weighted by molar-refractivity contribution is 7.89. The van der Waals surface area contributed by atoms with Gasteiger partial charge < -0.3 is 5.32 Å². The van der Waals surface area contributed by atoms with Gasteiger partial charge >= 0.3 is 0 Å². The number of carbonyl (C=O) groups is 1. The van der Waals surface area contributed by atoms with Crippen LogP contribution >= 0.6 is 0 Å². The summed E-state index contributed by atoms with van der Waals surface area (Å²) in [6, 6.07) is 9.90. The van der Waals surface area contributed by atoms with Gasteiger partial charge in [0.15, 0.2) is 0 Å². The summed E-state index contributed by atoms with van der Waals surface area (Å²) in [5.41, 5.74) is 1.15. The maximum atomic E-state index is 11.8. The number of nitrogens with zero attached hydrogens (tertiary/aromatic N) is 1. The van der Waals surface area contributed by atoms with E-state index in [1.165, 1.54) is 0 Å². The van der Waals surface area contributed by atoms with Crippen molar-refractivity contribution in [3.63, 3.8) is 0 Å². The van der Waals surface area contributed by atoms with Crippen molar-refractivity contribution in [3.05, 3.63) is 35.9 Å². The second kappa shape index (κ2) is 8.29. The fourth-order valence-electron chi connectivity index (χ4n) is 2.57. The summed E-state index contributed by atoms with van der Waals surface area (Å²) in [5, 5.41) is 2.86. The zero-order valence-electron chi connectivity index (χ0n) is 12.8. The van der Waals surface area contributed by atoms with Crippen LogP contribution in [0.1, 0.15) is 31.2 Å². The van der Waals surface area contributed by atoms with Crippen molar-refractivity contribution < 1.29 is 13.2 Å². The number of hydrogen-bond donors (Lipinski definition) is 1. The highest BCUT2D eigenvalue weighted by Gasteiger charge is 2.24. The molecule has 1 saturated heterocycles. The number of carbonyl (C=O) groups excluding carboxylic acids is 1. The molecule has 6 heteroatoms. The molecule has 1 heterocycles. The summed E-state index contributed by atoms with van der Waals surface area (Å²) in [5.74, 6) is 0.279. The maximum absolute atomic E-state index is 11.8. The first-order valence-electron chi connectivity index (χ1n) is 7.86. The van der Waals surface area contributed by atoms with Crippen LogP contribution in [0.25, 0.3) is 0 Å². The number of rotatable bonds is 7. The van der Waals surface area contributed by atoms with Crippen molar-refractivity contribution >= 4 is 15.9 Å². The molecular formula is C16H24N2O3S. The van der Waals surface area contributed by atoms with Crippen molar-refractivity contribution in [1.82, 2.24) is 9.62 Å². The predicted octanol–water partition coefficient (Wildman–Crippen LogP) is 1.55. The molecule has 0 aliphatic carbocycles. The number of hydrogen-bond acceptors (Lipinski definition) is 3. The Labute approximate surface area is 132 Å². The van der Waals surface area contributed by atoms with Gasteiger partial charge in [0, 0.05) is 26.1 Å². The number of sulfonamides is 1. The lowest BCUT2D eigenvalue weighted by molar-refractivity contribution is -0.121. The normalized spacial score (nSPS) is 18.0. The highest BCUT2D eigenvalue weighted by atomic mass is 32.2. The molecule has 0 aromatic heterocycles. The minimum atomic E-state index is -3.05. The minimum absolute atomic E-state index is 0.0188. The van der Waals surface area contributed by atoms with Gasteiger partial charge in [-0.15, -0.1) is 0 Å². The summed E-state index contributed by atoms with van der Waals surface area (Å²) in [7, 11) is -3.05. The lowest BCUT2D eigenvalue weighted by Gasteiger charge is -2.26. The second-order valence-corrected chi connectivity index (χ2v) is 7.70. The summed E-state index contributed by atoms with van der Waals surface area (Å²) < 4.78 is 25.2. The summed E-state index contributed by atoms with van der Waals surface area (Å²) in [4.78, 5) is 11.8. The van der Waals surface area contributed by atoms with E-state index in [0.717, 1.165) is 24.8 Å². The standard InChI is InChI=1S/C16H24N2O3S/c19-16(10-9-15-7-2-1-3-8-15)17-11-6-13-18-12-4-5-14-22(18,20)21/h1-3,7-8H,4-6,9-14H2,(H,17,19). The topological polar surface area (TPSA) is 66.5 Å². The van der Waals surface area contributed by atoms with E-state index in [2.05, 4.69) is 5.32 Å². The Morgan fingerprint density at radius 1 is 1.18 bits per heavy atom. The van der Waals surface area contributed by atoms with Crippen LogP contribution in [0.2, 0.25) is 0 Å². The summed E-state index contributed by atoms with van der Waals surface area (Å²) in [6.45, 7) is 1.64. The van der Waals surface area contributed by atoms with Gasteiger partial charge in [0.05, 0.1) is 5.75 Å². The van der Waals surface area contributed by atoms with Gasteiger partial charge in [0.2, 0.25) is 15.9 Å². The molecule has 0 saturated carbocycles. The van der Waals surface area contributed by atoms with Crippen LogP contribution in [0.15, 0.2) is 30.3 Å². The predicted molar refractivity (Wildman–Crippen MR) is 87.0 cm³/mol. The zero-order chi connectivity index (χ0) is 15.8. The molecule has 1 aromatic rings. The first-order valence-corrected chi connectivity index (χ1v) is 9.47. The third-order valence-electron chi connectivity index (χ3n) is 3.84. The van der Waals surface area contributed by atoms with Gasteiger partial charge in [-0.2, -0.15) is 0 Å². The van der Waals surface area contributed by atoms with Gasteiger partial charge in [-0.25, -0.2) is 12.7 Å². The third kappa shape index (κ3) is 5.42. The molecule has 1 aromatic carbocycles. The largest absolute Gasteiger partial charge is 0.356 e. The molecule has 1 N–H and O–H groups in total. The van der Waals surface area contributed by atoms with E-state index in [1.54, 1.807) is 4.31 Å². The average Bonchev–Trinajstić information content (AvgIpc) is 2.51. The quantitative estimate of drug-likeness (QED) is 0.774. The van der Waals surface area contributed by atoms with E-state index in [4.69, 9.17) is 0 Å². The molecule has 1 aliphatic heterocycles. The van der Waals surface area contributed by atoms with E-state index in [9.17, 15) is 13.2 Å².